The molecule has 3 N–H and O–H groups in total. The summed E-state index contributed by atoms with van der Waals surface area (Å²) in [5, 5.41) is 9.76. The van der Waals surface area contributed by atoms with E-state index in [1.807, 2.05) is 30.3 Å². The molecule has 4 heteroatoms. The van der Waals surface area contributed by atoms with Crippen LogP contribution in [0.5, 0.6) is 5.75 Å². The molecule has 1 unspecified atom stereocenters. The molecule has 0 aliphatic heterocycles. The van der Waals surface area contributed by atoms with E-state index in [0.717, 1.165) is 5.75 Å². The van der Waals surface area contributed by atoms with Crippen molar-refractivity contribution in [1.29, 1.82) is 0 Å². The summed E-state index contributed by atoms with van der Waals surface area (Å²) in [5.41, 5.74) is 5.86. The van der Waals surface area contributed by atoms with Crippen molar-refractivity contribution in [2.24, 2.45) is 5.73 Å². The largest absolute Gasteiger partial charge is 0.494 e. The molecule has 112 valence electrons. The monoisotopic (exact) mass is 289 g/mol. The molecule has 2 aromatic rings. The number of halogens is 1. The second kappa shape index (κ2) is 7.20. The first-order valence-corrected chi connectivity index (χ1v) is 6.95. The molecular weight excluding hydrogens is 269 g/mol. The van der Waals surface area contributed by atoms with E-state index in [2.05, 4.69) is 0 Å². The number of hydrogen-bond acceptors (Lipinski definition) is 3. The van der Waals surface area contributed by atoms with Gasteiger partial charge in [-0.3, -0.25) is 0 Å². The lowest BCUT2D eigenvalue weighted by Gasteiger charge is -2.31. The van der Waals surface area contributed by atoms with Gasteiger partial charge in [-0.25, -0.2) is 4.39 Å². The summed E-state index contributed by atoms with van der Waals surface area (Å²) in [4.78, 5) is 0. The third-order valence-corrected chi connectivity index (χ3v) is 3.72. The number of para-hydroxylation sites is 1. The maximum absolute atomic E-state index is 13.4. The second-order valence-electron chi connectivity index (χ2n) is 5.06. The van der Waals surface area contributed by atoms with Gasteiger partial charge in [-0.1, -0.05) is 30.3 Å². The molecule has 0 aromatic heterocycles. The quantitative estimate of drug-likeness (QED) is 0.823. The summed E-state index contributed by atoms with van der Waals surface area (Å²) in [5.74, 6) is 0.434. The van der Waals surface area contributed by atoms with Crippen molar-refractivity contribution in [2.45, 2.75) is 11.8 Å². The summed E-state index contributed by atoms with van der Waals surface area (Å²) in [6.45, 7) is 0.481. The van der Waals surface area contributed by atoms with Crippen LogP contribution >= 0.6 is 0 Å². The lowest BCUT2D eigenvalue weighted by Crippen LogP contribution is -2.40. The van der Waals surface area contributed by atoms with Crippen molar-refractivity contribution in [3.63, 3.8) is 0 Å². The predicted octanol–water partition coefficient (Wildman–Crippen LogP) is 2.48. The van der Waals surface area contributed by atoms with E-state index in [1.165, 1.54) is 12.1 Å². The maximum Gasteiger partial charge on any atom is 0.123 e. The van der Waals surface area contributed by atoms with Gasteiger partial charge in [-0.05, 0) is 36.2 Å². The first kappa shape index (κ1) is 15.5. The Hall–Kier alpha value is -1.91. The summed E-state index contributed by atoms with van der Waals surface area (Å²) in [6, 6.07) is 15.6. The number of hydrogen-bond donors (Lipinski definition) is 2. The molecule has 0 aliphatic carbocycles. The van der Waals surface area contributed by atoms with E-state index in [4.69, 9.17) is 10.5 Å². The highest BCUT2D eigenvalue weighted by Crippen LogP contribution is 2.27. The van der Waals surface area contributed by atoms with E-state index in [9.17, 15) is 9.50 Å². The van der Waals surface area contributed by atoms with Gasteiger partial charge in [0.25, 0.3) is 0 Å². The summed E-state index contributed by atoms with van der Waals surface area (Å²) < 4.78 is 19.1. The van der Waals surface area contributed by atoms with Crippen molar-refractivity contribution >= 4 is 0 Å². The Morgan fingerprint density at radius 3 is 2.48 bits per heavy atom. The molecule has 0 spiro atoms. The normalized spacial score (nSPS) is 13.7. The first-order valence-electron chi connectivity index (χ1n) is 6.95. The summed E-state index contributed by atoms with van der Waals surface area (Å²) in [7, 11) is 0. The SMILES string of the molecule is NCC(CO)(CCOc1ccccc1)c1cccc(F)c1. The van der Waals surface area contributed by atoms with E-state index < -0.39 is 5.41 Å². The van der Waals surface area contributed by atoms with Crippen LogP contribution in [0.25, 0.3) is 0 Å². The molecule has 0 radical (unpaired) electrons. The first-order chi connectivity index (χ1) is 10.2. The molecule has 21 heavy (non-hydrogen) atoms. The number of benzene rings is 2. The Kier molecular flexibility index (Phi) is 5.31. The van der Waals surface area contributed by atoms with Crippen molar-refractivity contribution in [2.75, 3.05) is 19.8 Å². The Morgan fingerprint density at radius 1 is 1.10 bits per heavy atom. The Balaban J connectivity index is 2.08. The van der Waals surface area contributed by atoms with Gasteiger partial charge in [0.15, 0.2) is 0 Å². The molecule has 2 rings (SSSR count). The lowest BCUT2D eigenvalue weighted by molar-refractivity contribution is 0.163. The Bertz CT molecular complexity index is 556. The van der Waals surface area contributed by atoms with E-state index in [0.29, 0.717) is 18.6 Å². The molecule has 0 saturated heterocycles. The van der Waals surface area contributed by atoms with Crippen LogP contribution in [-0.4, -0.2) is 24.9 Å². The van der Waals surface area contributed by atoms with Crippen molar-refractivity contribution < 1.29 is 14.2 Å². The number of aliphatic hydroxyl groups is 1. The molecule has 1 atom stereocenters. The van der Waals surface area contributed by atoms with Gasteiger partial charge >= 0.3 is 0 Å². The molecule has 0 fully saturated rings. The summed E-state index contributed by atoms with van der Waals surface area (Å²) in [6.07, 6.45) is 0.512. The summed E-state index contributed by atoms with van der Waals surface area (Å²) >= 11 is 0. The van der Waals surface area contributed by atoms with Crippen LogP contribution in [0.2, 0.25) is 0 Å². The zero-order valence-electron chi connectivity index (χ0n) is 11.8. The van der Waals surface area contributed by atoms with E-state index in [1.54, 1.807) is 12.1 Å². The second-order valence-corrected chi connectivity index (χ2v) is 5.06. The van der Waals surface area contributed by atoms with Gasteiger partial charge in [0.2, 0.25) is 0 Å². The van der Waals surface area contributed by atoms with E-state index >= 15 is 0 Å². The Morgan fingerprint density at radius 2 is 1.86 bits per heavy atom. The number of ether oxygens (including phenoxy) is 1. The van der Waals surface area contributed by atoms with Crippen LogP contribution in [0.4, 0.5) is 4.39 Å². The van der Waals surface area contributed by atoms with Crippen LogP contribution in [0, 0.1) is 5.82 Å². The van der Waals surface area contributed by atoms with Crippen LogP contribution in [-0.2, 0) is 5.41 Å². The van der Waals surface area contributed by atoms with Gasteiger partial charge in [0, 0.05) is 12.0 Å². The Labute approximate surface area is 124 Å². The highest BCUT2D eigenvalue weighted by atomic mass is 19.1. The average Bonchev–Trinajstić information content (AvgIpc) is 2.53. The standard InChI is InChI=1S/C17H20FNO2/c18-15-6-4-5-14(11-15)17(12-19,13-20)9-10-21-16-7-2-1-3-8-16/h1-8,11,20H,9-10,12-13,19H2. The fourth-order valence-electron chi connectivity index (χ4n) is 2.30. The zero-order valence-corrected chi connectivity index (χ0v) is 11.8. The van der Waals surface area contributed by atoms with Crippen molar-refractivity contribution in [3.8, 4) is 5.75 Å². The van der Waals surface area contributed by atoms with Gasteiger partial charge < -0.3 is 15.6 Å². The molecular formula is C17H20FNO2. The van der Waals surface area contributed by atoms with E-state index in [-0.39, 0.29) is 19.0 Å². The lowest BCUT2D eigenvalue weighted by atomic mass is 9.78. The number of aliphatic hydroxyl groups excluding tert-OH is 1. The van der Waals surface area contributed by atoms with Crippen molar-refractivity contribution in [3.05, 3.63) is 66.0 Å². The molecule has 0 saturated carbocycles. The molecule has 0 amide bonds. The molecule has 0 aliphatic rings. The van der Waals surface area contributed by atoms with Crippen LogP contribution in [0.3, 0.4) is 0 Å². The molecule has 2 aromatic carbocycles. The van der Waals surface area contributed by atoms with Gasteiger partial charge in [-0.2, -0.15) is 0 Å². The minimum absolute atomic E-state index is 0.148. The molecule has 3 nitrogen and oxygen atoms in total. The number of nitrogens with two attached hydrogens (primary N) is 1. The van der Waals surface area contributed by atoms with Gasteiger partial charge in [0.1, 0.15) is 11.6 Å². The average molecular weight is 289 g/mol. The van der Waals surface area contributed by atoms with Gasteiger partial charge in [0.05, 0.1) is 13.2 Å². The molecule has 0 bridgehead atoms. The maximum atomic E-state index is 13.4. The zero-order chi connectivity index (χ0) is 15.1. The topological polar surface area (TPSA) is 55.5 Å². The predicted molar refractivity (Wildman–Crippen MR) is 80.8 cm³/mol. The fraction of sp³-hybridized carbons (Fsp3) is 0.294. The smallest absolute Gasteiger partial charge is 0.123 e. The minimum Gasteiger partial charge on any atom is -0.494 e. The fourth-order valence-corrected chi connectivity index (χ4v) is 2.30. The van der Waals surface area contributed by atoms with Crippen LogP contribution in [0.15, 0.2) is 54.6 Å². The third kappa shape index (κ3) is 3.80. The number of rotatable bonds is 7. The van der Waals surface area contributed by atoms with Crippen LogP contribution in [0.1, 0.15) is 12.0 Å². The highest BCUT2D eigenvalue weighted by molar-refractivity contribution is 5.27. The van der Waals surface area contributed by atoms with Gasteiger partial charge in [-0.15, -0.1) is 0 Å². The minimum atomic E-state index is -0.684. The highest BCUT2D eigenvalue weighted by Gasteiger charge is 2.30. The van der Waals surface area contributed by atoms with Crippen molar-refractivity contribution in [1.82, 2.24) is 0 Å². The third-order valence-electron chi connectivity index (χ3n) is 3.72. The molecule has 0 heterocycles. The van der Waals surface area contributed by atoms with Crippen LogP contribution < -0.4 is 10.5 Å².